The standard InChI is InChI=1S/C8H9N3OS/c1-2-6-5(3-4-12-6)7-9-8(13)11-10-7/h3-4H,2H2,1H3,(H2,9,10,11,13). The van der Waals surface area contributed by atoms with Crippen LogP contribution in [0.5, 0.6) is 0 Å². The maximum atomic E-state index is 5.27. The van der Waals surface area contributed by atoms with Crippen molar-refractivity contribution in [2.24, 2.45) is 0 Å². The first-order chi connectivity index (χ1) is 6.31. The third kappa shape index (κ3) is 1.42. The minimum atomic E-state index is 0.457. The topological polar surface area (TPSA) is 57.6 Å². The first-order valence-electron chi connectivity index (χ1n) is 4.02. The van der Waals surface area contributed by atoms with Crippen molar-refractivity contribution < 1.29 is 4.42 Å². The van der Waals surface area contributed by atoms with Gasteiger partial charge in [0, 0.05) is 6.42 Å². The van der Waals surface area contributed by atoms with Crippen LogP contribution < -0.4 is 0 Å². The van der Waals surface area contributed by atoms with Crippen molar-refractivity contribution in [3.63, 3.8) is 0 Å². The van der Waals surface area contributed by atoms with Crippen molar-refractivity contribution in [1.29, 1.82) is 0 Å². The molecule has 0 spiro atoms. The van der Waals surface area contributed by atoms with Crippen LogP contribution >= 0.6 is 12.2 Å². The van der Waals surface area contributed by atoms with Gasteiger partial charge in [-0.1, -0.05) is 6.92 Å². The van der Waals surface area contributed by atoms with Gasteiger partial charge in [0.15, 0.2) is 5.82 Å². The summed E-state index contributed by atoms with van der Waals surface area (Å²) in [4.78, 5) is 4.11. The fraction of sp³-hybridized carbons (Fsp3) is 0.250. The minimum absolute atomic E-state index is 0.457. The van der Waals surface area contributed by atoms with Gasteiger partial charge in [0.1, 0.15) is 5.76 Å². The highest BCUT2D eigenvalue weighted by molar-refractivity contribution is 7.71. The van der Waals surface area contributed by atoms with Gasteiger partial charge >= 0.3 is 0 Å². The van der Waals surface area contributed by atoms with E-state index in [0.717, 1.165) is 23.6 Å². The molecule has 0 bridgehead atoms. The average Bonchev–Trinajstić information content (AvgIpc) is 2.71. The molecule has 0 radical (unpaired) electrons. The monoisotopic (exact) mass is 195 g/mol. The third-order valence-electron chi connectivity index (χ3n) is 1.82. The fourth-order valence-corrected chi connectivity index (χ4v) is 1.37. The van der Waals surface area contributed by atoms with Crippen LogP contribution in [-0.2, 0) is 6.42 Å². The Kier molecular flexibility index (Phi) is 2.02. The molecule has 0 fully saturated rings. The Morgan fingerprint density at radius 2 is 2.38 bits per heavy atom. The molecular weight excluding hydrogens is 186 g/mol. The zero-order chi connectivity index (χ0) is 9.26. The quantitative estimate of drug-likeness (QED) is 0.723. The van der Waals surface area contributed by atoms with Crippen LogP contribution in [0, 0.1) is 4.77 Å². The first kappa shape index (κ1) is 8.25. The summed E-state index contributed by atoms with van der Waals surface area (Å²) in [5.74, 6) is 1.65. The van der Waals surface area contributed by atoms with Crippen LogP contribution in [0.3, 0.4) is 0 Å². The van der Waals surface area contributed by atoms with E-state index in [2.05, 4.69) is 15.2 Å². The summed E-state index contributed by atoms with van der Waals surface area (Å²) in [7, 11) is 0. The number of nitrogens with one attached hydrogen (secondary N) is 2. The SMILES string of the molecule is CCc1occc1-c1nc(=S)[nH][nH]1. The van der Waals surface area contributed by atoms with Gasteiger partial charge in [0.25, 0.3) is 0 Å². The number of furan rings is 1. The number of hydrogen-bond donors (Lipinski definition) is 2. The molecule has 0 aliphatic carbocycles. The largest absolute Gasteiger partial charge is 0.469 e. The Bertz CT molecular complexity index is 454. The van der Waals surface area contributed by atoms with Crippen molar-refractivity contribution in [2.45, 2.75) is 13.3 Å². The number of hydrogen-bond acceptors (Lipinski definition) is 3. The van der Waals surface area contributed by atoms with Crippen molar-refractivity contribution in [3.05, 3.63) is 22.9 Å². The van der Waals surface area contributed by atoms with E-state index in [9.17, 15) is 0 Å². The lowest BCUT2D eigenvalue weighted by Gasteiger charge is -1.93. The second kappa shape index (κ2) is 3.18. The molecule has 0 aliphatic heterocycles. The predicted molar refractivity (Wildman–Crippen MR) is 50.9 cm³/mol. The normalized spacial score (nSPS) is 10.5. The third-order valence-corrected chi connectivity index (χ3v) is 2.02. The number of rotatable bonds is 2. The van der Waals surface area contributed by atoms with Gasteiger partial charge < -0.3 is 4.42 Å². The van der Waals surface area contributed by atoms with Crippen molar-refractivity contribution >= 4 is 12.2 Å². The van der Waals surface area contributed by atoms with E-state index < -0.39 is 0 Å². The Morgan fingerprint density at radius 3 is 3.00 bits per heavy atom. The van der Waals surface area contributed by atoms with Crippen LogP contribution in [-0.4, -0.2) is 15.2 Å². The average molecular weight is 195 g/mol. The van der Waals surface area contributed by atoms with Gasteiger partial charge in [-0.15, -0.1) is 0 Å². The minimum Gasteiger partial charge on any atom is -0.469 e. The highest BCUT2D eigenvalue weighted by Gasteiger charge is 2.08. The van der Waals surface area contributed by atoms with Gasteiger partial charge in [-0.2, -0.15) is 4.98 Å². The van der Waals surface area contributed by atoms with E-state index in [0.29, 0.717) is 4.77 Å². The van der Waals surface area contributed by atoms with Crippen LogP contribution in [0.15, 0.2) is 16.7 Å². The summed E-state index contributed by atoms with van der Waals surface area (Å²) in [6.07, 6.45) is 2.50. The van der Waals surface area contributed by atoms with E-state index in [1.165, 1.54) is 0 Å². The summed E-state index contributed by atoms with van der Waals surface area (Å²) in [5, 5.41) is 5.63. The second-order valence-electron chi connectivity index (χ2n) is 2.63. The molecule has 13 heavy (non-hydrogen) atoms. The zero-order valence-corrected chi connectivity index (χ0v) is 7.94. The van der Waals surface area contributed by atoms with Crippen LogP contribution in [0.1, 0.15) is 12.7 Å². The highest BCUT2D eigenvalue weighted by atomic mass is 32.1. The van der Waals surface area contributed by atoms with E-state index in [1.807, 2.05) is 13.0 Å². The molecule has 0 amide bonds. The van der Waals surface area contributed by atoms with E-state index in [1.54, 1.807) is 6.26 Å². The number of H-pyrrole nitrogens is 2. The number of nitrogens with zero attached hydrogens (tertiary/aromatic N) is 1. The molecule has 2 aromatic rings. The zero-order valence-electron chi connectivity index (χ0n) is 7.13. The molecule has 4 nitrogen and oxygen atoms in total. The van der Waals surface area contributed by atoms with Crippen LogP contribution in [0.4, 0.5) is 0 Å². The van der Waals surface area contributed by atoms with Gasteiger partial charge in [-0.25, -0.2) is 0 Å². The maximum Gasteiger partial charge on any atom is 0.213 e. The van der Waals surface area contributed by atoms with Crippen LogP contribution in [0.25, 0.3) is 11.4 Å². The summed E-state index contributed by atoms with van der Waals surface area (Å²) >= 11 is 4.86. The first-order valence-corrected chi connectivity index (χ1v) is 4.43. The molecule has 2 rings (SSSR count). The molecule has 2 heterocycles. The molecule has 0 aliphatic rings. The number of aromatic amines is 2. The summed E-state index contributed by atoms with van der Waals surface area (Å²) in [6.45, 7) is 2.03. The van der Waals surface area contributed by atoms with Crippen molar-refractivity contribution in [2.75, 3.05) is 0 Å². The molecule has 0 atom stereocenters. The molecular formula is C8H9N3OS. The Labute approximate surface area is 80.0 Å². The lowest BCUT2D eigenvalue weighted by Crippen LogP contribution is -1.83. The molecule has 2 aromatic heterocycles. The van der Waals surface area contributed by atoms with Gasteiger partial charge in [-0.3, -0.25) is 10.2 Å². The molecule has 68 valence electrons. The Balaban J connectivity index is 2.51. The molecule has 0 unspecified atom stereocenters. The van der Waals surface area contributed by atoms with Gasteiger partial charge in [0.05, 0.1) is 11.8 Å². The van der Waals surface area contributed by atoms with E-state index in [-0.39, 0.29) is 0 Å². The molecule has 0 aromatic carbocycles. The summed E-state index contributed by atoms with van der Waals surface area (Å²) in [5.41, 5.74) is 0.967. The second-order valence-corrected chi connectivity index (χ2v) is 3.01. The number of aryl methyl sites for hydroxylation is 1. The van der Waals surface area contributed by atoms with E-state index in [4.69, 9.17) is 16.6 Å². The van der Waals surface area contributed by atoms with E-state index >= 15 is 0 Å². The van der Waals surface area contributed by atoms with Crippen LogP contribution in [0.2, 0.25) is 0 Å². The molecule has 5 heteroatoms. The van der Waals surface area contributed by atoms with Crippen molar-refractivity contribution in [3.8, 4) is 11.4 Å². The summed E-state index contributed by atoms with van der Waals surface area (Å²) < 4.78 is 5.73. The Hall–Kier alpha value is -1.36. The predicted octanol–water partition coefficient (Wildman–Crippen LogP) is 2.29. The van der Waals surface area contributed by atoms with Gasteiger partial charge in [0.2, 0.25) is 4.77 Å². The molecule has 0 saturated heterocycles. The smallest absolute Gasteiger partial charge is 0.213 e. The molecule has 2 N–H and O–H groups in total. The van der Waals surface area contributed by atoms with Crippen molar-refractivity contribution in [1.82, 2.24) is 15.2 Å². The highest BCUT2D eigenvalue weighted by Crippen LogP contribution is 2.20. The lowest BCUT2D eigenvalue weighted by molar-refractivity contribution is 0.517. The summed E-state index contributed by atoms with van der Waals surface area (Å²) in [6, 6.07) is 1.88. The lowest BCUT2D eigenvalue weighted by atomic mass is 10.2. The fourth-order valence-electron chi connectivity index (χ4n) is 1.22. The number of aromatic nitrogens is 3. The van der Waals surface area contributed by atoms with Gasteiger partial charge in [-0.05, 0) is 18.3 Å². The Morgan fingerprint density at radius 1 is 1.54 bits per heavy atom. The molecule has 0 saturated carbocycles. The maximum absolute atomic E-state index is 5.27.